The van der Waals surface area contributed by atoms with Gasteiger partial charge in [-0.3, -0.25) is 14.5 Å². The van der Waals surface area contributed by atoms with Gasteiger partial charge in [-0.15, -0.1) is 0 Å². The molecule has 1 heterocycles. The summed E-state index contributed by atoms with van der Waals surface area (Å²) in [5.41, 5.74) is 1.83. The van der Waals surface area contributed by atoms with Gasteiger partial charge in [-0.2, -0.15) is 0 Å². The van der Waals surface area contributed by atoms with E-state index in [9.17, 15) is 9.59 Å². The third-order valence-electron chi connectivity index (χ3n) is 3.65. The molecule has 0 spiro atoms. The second kappa shape index (κ2) is 6.52. The molecule has 5 nitrogen and oxygen atoms in total. The number of piperazine rings is 1. The average Bonchev–Trinajstić information content (AvgIpc) is 2.46. The van der Waals surface area contributed by atoms with Crippen molar-refractivity contribution < 1.29 is 14.7 Å². The summed E-state index contributed by atoms with van der Waals surface area (Å²) in [6, 6.07) is 7.67. The average molecular weight is 276 g/mol. The first kappa shape index (κ1) is 14.5. The van der Waals surface area contributed by atoms with Crippen LogP contribution in [0.1, 0.15) is 22.8 Å². The molecule has 1 aliphatic rings. The van der Waals surface area contributed by atoms with Crippen LogP contribution < -0.4 is 0 Å². The standard InChI is InChI=1S/C15H20N2O3/c1-2-12-5-3-4-6-13(12)15(20)17-9-7-16(8-10-17)11-14(18)19/h3-6H,2,7-11H2,1H3,(H,18,19). The van der Waals surface area contributed by atoms with Crippen molar-refractivity contribution >= 4 is 11.9 Å². The van der Waals surface area contributed by atoms with Crippen molar-refractivity contribution in [1.82, 2.24) is 9.80 Å². The molecule has 0 radical (unpaired) electrons. The number of carboxylic acid groups (broad SMARTS) is 1. The number of benzene rings is 1. The summed E-state index contributed by atoms with van der Waals surface area (Å²) in [6.07, 6.45) is 0.834. The van der Waals surface area contributed by atoms with E-state index in [0.717, 1.165) is 17.5 Å². The first-order chi connectivity index (χ1) is 9.61. The number of amides is 1. The molecule has 0 unspecified atom stereocenters. The highest BCUT2D eigenvalue weighted by Crippen LogP contribution is 2.14. The molecule has 0 aliphatic carbocycles. The van der Waals surface area contributed by atoms with E-state index in [-0.39, 0.29) is 12.5 Å². The lowest BCUT2D eigenvalue weighted by molar-refractivity contribution is -0.138. The number of rotatable bonds is 4. The normalized spacial score (nSPS) is 16.1. The molecule has 1 aromatic carbocycles. The highest BCUT2D eigenvalue weighted by molar-refractivity contribution is 5.95. The Morgan fingerprint density at radius 2 is 1.80 bits per heavy atom. The van der Waals surface area contributed by atoms with Crippen LogP contribution in [-0.2, 0) is 11.2 Å². The van der Waals surface area contributed by atoms with Crippen LogP contribution in [0.3, 0.4) is 0 Å². The highest BCUT2D eigenvalue weighted by Gasteiger charge is 2.24. The maximum Gasteiger partial charge on any atom is 0.317 e. The van der Waals surface area contributed by atoms with E-state index in [1.165, 1.54) is 0 Å². The van der Waals surface area contributed by atoms with Gasteiger partial charge in [-0.1, -0.05) is 25.1 Å². The summed E-state index contributed by atoms with van der Waals surface area (Å²) >= 11 is 0. The Balaban J connectivity index is 2.00. The third-order valence-corrected chi connectivity index (χ3v) is 3.65. The topological polar surface area (TPSA) is 60.9 Å². The van der Waals surface area contributed by atoms with Crippen LogP contribution in [0.15, 0.2) is 24.3 Å². The molecule has 1 saturated heterocycles. The van der Waals surface area contributed by atoms with Crippen molar-refractivity contribution in [3.05, 3.63) is 35.4 Å². The Kier molecular flexibility index (Phi) is 4.74. The van der Waals surface area contributed by atoms with Crippen LogP contribution in [0.4, 0.5) is 0 Å². The Morgan fingerprint density at radius 1 is 1.15 bits per heavy atom. The second-order valence-electron chi connectivity index (χ2n) is 4.97. The quantitative estimate of drug-likeness (QED) is 0.894. The van der Waals surface area contributed by atoms with Crippen LogP contribution in [0, 0.1) is 0 Å². The molecule has 0 saturated carbocycles. The Labute approximate surface area is 118 Å². The summed E-state index contributed by atoms with van der Waals surface area (Å²) in [5.74, 6) is -0.765. The number of carbonyl (C=O) groups excluding carboxylic acids is 1. The van der Waals surface area contributed by atoms with Crippen molar-refractivity contribution in [2.24, 2.45) is 0 Å². The van der Waals surface area contributed by atoms with E-state index in [1.807, 2.05) is 41.0 Å². The maximum absolute atomic E-state index is 12.5. The third kappa shape index (κ3) is 3.36. The first-order valence-electron chi connectivity index (χ1n) is 6.93. The number of carboxylic acids is 1. The molecule has 2 rings (SSSR count). The monoisotopic (exact) mass is 276 g/mol. The zero-order chi connectivity index (χ0) is 14.5. The first-order valence-corrected chi connectivity index (χ1v) is 6.93. The number of carbonyl (C=O) groups is 2. The molecule has 1 fully saturated rings. The van der Waals surface area contributed by atoms with E-state index in [4.69, 9.17) is 5.11 Å². The molecular weight excluding hydrogens is 256 g/mol. The van der Waals surface area contributed by atoms with Crippen LogP contribution in [0.25, 0.3) is 0 Å². The molecular formula is C15H20N2O3. The SMILES string of the molecule is CCc1ccccc1C(=O)N1CCN(CC(=O)O)CC1. The van der Waals surface area contributed by atoms with Crippen LogP contribution >= 0.6 is 0 Å². The minimum Gasteiger partial charge on any atom is -0.480 e. The van der Waals surface area contributed by atoms with Gasteiger partial charge in [0.2, 0.25) is 0 Å². The van der Waals surface area contributed by atoms with Gasteiger partial charge in [0, 0.05) is 31.7 Å². The molecule has 1 aliphatic heterocycles. The molecule has 1 N–H and O–H groups in total. The number of hydrogen-bond donors (Lipinski definition) is 1. The Hall–Kier alpha value is -1.88. The smallest absolute Gasteiger partial charge is 0.317 e. The summed E-state index contributed by atoms with van der Waals surface area (Å²) in [4.78, 5) is 26.8. The van der Waals surface area contributed by atoms with Gasteiger partial charge in [-0.05, 0) is 18.1 Å². The maximum atomic E-state index is 12.5. The summed E-state index contributed by atoms with van der Waals surface area (Å²) in [7, 11) is 0. The highest BCUT2D eigenvalue weighted by atomic mass is 16.4. The molecule has 20 heavy (non-hydrogen) atoms. The lowest BCUT2D eigenvalue weighted by Gasteiger charge is -2.34. The fourth-order valence-electron chi connectivity index (χ4n) is 2.51. The Bertz CT molecular complexity index is 494. The minimum absolute atomic E-state index is 0.0492. The predicted molar refractivity (Wildman–Crippen MR) is 75.8 cm³/mol. The van der Waals surface area contributed by atoms with Crippen molar-refractivity contribution in [2.45, 2.75) is 13.3 Å². The van der Waals surface area contributed by atoms with Crippen LogP contribution in [-0.4, -0.2) is 59.5 Å². The van der Waals surface area contributed by atoms with Crippen molar-refractivity contribution in [2.75, 3.05) is 32.7 Å². The molecule has 5 heteroatoms. The lowest BCUT2D eigenvalue weighted by atomic mass is 10.0. The Morgan fingerprint density at radius 3 is 2.40 bits per heavy atom. The summed E-state index contributed by atoms with van der Waals surface area (Å²) in [5, 5.41) is 8.76. The van der Waals surface area contributed by atoms with Gasteiger partial charge in [0.05, 0.1) is 6.54 Å². The van der Waals surface area contributed by atoms with Gasteiger partial charge in [-0.25, -0.2) is 0 Å². The molecule has 0 bridgehead atoms. The van der Waals surface area contributed by atoms with Crippen molar-refractivity contribution in [3.63, 3.8) is 0 Å². The van der Waals surface area contributed by atoms with E-state index in [2.05, 4.69) is 0 Å². The van der Waals surface area contributed by atoms with Gasteiger partial charge < -0.3 is 10.0 Å². The van der Waals surface area contributed by atoms with E-state index < -0.39 is 5.97 Å². The van der Waals surface area contributed by atoms with E-state index in [1.54, 1.807) is 0 Å². The minimum atomic E-state index is -0.818. The largest absolute Gasteiger partial charge is 0.480 e. The number of nitrogens with zero attached hydrogens (tertiary/aromatic N) is 2. The molecule has 0 aromatic heterocycles. The van der Waals surface area contributed by atoms with Gasteiger partial charge in [0.15, 0.2) is 0 Å². The van der Waals surface area contributed by atoms with Crippen molar-refractivity contribution in [3.8, 4) is 0 Å². The molecule has 0 atom stereocenters. The van der Waals surface area contributed by atoms with E-state index >= 15 is 0 Å². The summed E-state index contributed by atoms with van der Waals surface area (Å²) < 4.78 is 0. The lowest BCUT2D eigenvalue weighted by Crippen LogP contribution is -2.50. The second-order valence-corrected chi connectivity index (χ2v) is 4.97. The van der Waals surface area contributed by atoms with Gasteiger partial charge in [0.25, 0.3) is 5.91 Å². The summed E-state index contributed by atoms with van der Waals surface area (Å²) in [6.45, 7) is 4.50. The zero-order valence-corrected chi connectivity index (χ0v) is 11.7. The van der Waals surface area contributed by atoms with Crippen LogP contribution in [0.2, 0.25) is 0 Å². The number of aryl methyl sites for hydroxylation is 1. The van der Waals surface area contributed by atoms with Crippen molar-refractivity contribution in [1.29, 1.82) is 0 Å². The molecule has 1 aromatic rings. The number of aliphatic carboxylic acids is 1. The zero-order valence-electron chi connectivity index (χ0n) is 11.7. The fourth-order valence-corrected chi connectivity index (χ4v) is 2.51. The molecule has 1 amide bonds. The number of hydrogen-bond acceptors (Lipinski definition) is 3. The van der Waals surface area contributed by atoms with Gasteiger partial charge >= 0.3 is 5.97 Å². The fraction of sp³-hybridized carbons (Fsp3) is 0.467. The van der Waals surface area contributed by atoms with Crippen LogP contribution in [0.5, 0.6) is 0 Å². The van der Waals surface area contributed by atoms with Gasteiger partial charge in [0.1, 0.15) is 0 Å². The van der Waals surface area contributed by atoms with E-state index in [0.29, 0.717) is 26.2 Å². The predicted octanol–water partition coefficient (Wildman–Crippen LogP) is 1.09. The molecule has 108 valence electrons.